The second kappa shape index (κ2) is 39.6. The minimum Gasteiger partial charge on any atom is -0.462 e. The van der Waals surface area contributed by atoms with Gasteiger partial charge in [0.1, 0.15) is 13.2 Å². The van der Waals surface area contributed by atoms with Crippen LogP contribution >= 0.6 is 0 Å². The summed E-state index contributed by atoms with van der Waals surface area (Å²) in [7, 11) is 0. The molecule has 0 saturated carbocycles. The summed E-state index contributed by atoms with van der Waals surface area (Å²) in [6, 6.07) is 0. The van der Waals surface area contributed by atoms with Gasteiger partial charge in [-0.15, -0.1) is 0 Å². The highest BCUT2D eigenvalue weighted by Crippen LogP contribution is 2.17. The summed E-state index contributed by atoms with van der Waals surface area (Å²) >= 11 is 0. The summed E-state index contributed by atoms with van der Waals surface area (Å²) in [6.45, 7) is 13.6. The Kier molecular flexibility index (Phi) is 38.5. The summed E-state index contributed by atoms with van der Waals surface area (Å²) in [5.41, 5.74) is 0. The molecular weight excluding hydrogens is 673 g/mol. The van der Waals surface area contributed by atoms with Gasteiger partial charge in [0, 0.05) is 19.3 Å². The van der Waals surface area contributed by atoms with E-state index in [2.05, 4.69) is 41.5 Å². The molecule has 0 fully saturated rings. The van der Waals surface area contributed by atoms with Gasteiger partial charge in [-0.25, -0.2) is 0 Å². The SMILES string of the molecule is CC(C)CCCCCCCCCCCCC(=O)OC[C@H](COC(=O)CCCCCCCCCCC(C)C)OC(=O)CCCCCCCCCCCC(C)C. The Labute approximate surface area is 336 Å². The highest BCUT2D eigenvalue weighted by atomic mass is 16.6. The lowest BCUT2D eigenvalue weighted by atomic mass is 10.0. The summed E-state index contributed by atoms with van der Waals surface area (Å²) < 4.78 is 16.7. The van der Waals surface area contributed by atoms with Crippen molar-refractivity contribution in [3.05, 3.63) is 0 Å². The van der Waals surface area contributed by atoms with Crippen LogP contribution in [0.4, 0.5) is 0 Å². The van der Waals surface area contributed by atoms with E-state index in [0.29, 0.717) is 19.3 Å². The molecule has 0 saturated heterocycles. The van der Waals surface area contributed by atoms with Gasteiger partial charge in [-0.1, -0.05) is 215 Å². The van der Waals surface area contributed by atoms with Gasteiger partial charge in [0.25, 0.3) is 0 Å². The molecule has 0 aliphatic rings. The van der Waals surface area contributed by atoms with Crippen molar-refractivity contribution in [2.75, 3.05) is 13.2 Å². The summed E-state index contributed by atoms with van der Waals surface area (Å²) in [5, 5.41) is 0. The predicted molar refractivity (Wildman–Crippen MR) is 229 cm³/mol. The fourth-order valence-electron chi connectivity index (χ4n) is 7.06. The molecule has 54 heavy (non-hydrogen) atoms. The first-order valence-corrected chi connectivity index (χ1v) is 23.6. The molecule has 6 nitrogen and oxygen atoms in total. The molecule has 0 aromatic rings. The van der Waals surface area contributed by atoms with E-state index in [9.17, 15) is 14.4 Å². The molecule has 0 aromatic carbocycles. The maximum absolute atomic E-state index is 12.7. The van der Waals surface area contributed by atoms with Crippen molar-refractivity contribution in [2.24, 2.45) is 17.8 Å². The van der Waals surface area contributed by atoms with E-state index in [1.807, 2.05) is 0 Å². The summed E-state index contributed by atoms with van der Waals surface area (Å²) in [6.07, 6.45) is 36.7. The number of carbonyl (C=O) groups is 3. The van der Waals surface area contributed by atoms with Crippen molar-refractivity contribution in [3.63, 3.8) is 0 Å². The molecule has 0 aliphatic heterocycles. The predicted octanol–water partition coefficient (Wildman–Crippen LogP) is 14.8. The van der Waals surface area contributed by atoms with Crippen molar-refractivity contribution in [1.82, 2.24) is 0 Å². The van der Waals surface area contributed by atoms with Gasteiger partial charge >= 0.3 is 17.9 Å². The molecule has 0 amide bonds. The number of ether oxygens (including phenoxy) is 3. The molecular formula is C48H92O6. The van der Waals surface area contributed by atoms with Gasteiger partial charge in [-0.05, 0) is 37.0 Å². The van der Waals surface area contributed by atoms with Crippen LogP contribution in [0.5, 0.6) is 0 Å². The second-order valence-corrected chi connectivity index (χ2v) is 17.8. The normalized spacial score (nSPS) is 12.2. The van der Waals surface area contributed by atoms with E-state index < -0.39 is 6.10 Å². The average molecular weight is 765 g/mol. The Morgan fingerprint density at radius 2 is 0.537 bits per heavy atom. The Balaban J connectivity index is 4.34. The average Bonchev–Trinajstić information content (AvgIpc) is 3.12. The van der Waals surface area contributed by atoms with Crippen LogP contribution in [0.15, 0.2) is 0 Å². The lowest BCUT2D eigenvalue weighted by Crippen LogP contribution is -2.30. The van der Waals surface area contributed by atoms with E-state index in [4.69, 9.17) is 14.2 Å². The largest absolute Gasteiger partial charge is 0.462 e. The van der Waals surface area contributed by atoms with Crippen molar-refractivity contribution in [2.45, 2.75) is 260 Å². The monoisotopic (exact) mass is 765 g/mol. The Morgan fingerprint density at radius 3 is 0.796 bits per heavy atom. The summed E-state index contributed by atoms with van der Waals surface area (Å²) in [4.78, 5) is 37.8. The highest BCUT2D eigenvalue weighted by molar-refractivity contribution is 5.71. The van der Waals surface area contributed by atoms with Gasteiger partial charge in [0.2, 0.25) is 0 Å². The molecule has 0 heterocycles. The van der Waals surface area contributed by atoms with Crippen LogP contribution in [0.2, 0.25) is 0 Å². The minimum atomic E-state index is -0.762. The minimum absolute atomic E-state index is 0.0661. The van der Waals surface area contributed by atoms with Crippen LogP contribution in [0.1, 0.15) is 253 Å². The first-order chi connectivity index (χ1) is 26.1. The Bertz CT molecular complexity index is 837. The molecule has 0 unspecified atom stereocenters. The van der Waals surface area contributed by atoms with Crippen LogP contribution < -0.4 is 0 Å². The number of rotatable bonds is 41. The Morgan fingerprint density at radius 1 is 0.315 bits per heavy atom. The molecule has 0 aliphatic carbocycles. The third kappa shape index (κ3) is 41.6. The number of unbranched alkanes of at least 4 members (excludes halogenated alkanes) is 24. The first kappa shape index (κ1) is 52.4. The maximum Gasteiger partial charge on any atom is 0.306 e. The molecule has 0 N–H and O–H groups in total. The van der Waals surface area contributed by atoms with Crippen molar-refractivity contribution in [1.29, 1.82) is 0 Å². The fourth-order valence-corrected chi connectivity index (χ4v) is 7.06. The van der Waals surface area contributed by atoms with Gasteiger partial charge in [-0.3, -0.25) is 14.4 Å². The second-order valence-electron chi connectivity index (χ2n) is 17.8. The standard InChI is InChI=1S/C48H92O6/c1-42(2)34-28-22-16-10-7-8-12-19-25-31-37-46(49)52-40-45(41-53-47(50)38-32-26-20-15-14-18-24-30-36-44(5)6)54-48(51)39-33-27-21-13-9-11-17-23-29-35-43(3)4/h42-45H,7-41H2,1-6H3/t45-/m1/s1. The van der Waals surface area contributed by atoms with Crippen molar-refractivity contribution in [3.8, 4) is 0 Å². The number of carbonyl (C=O) groups excluding carboxylic acids is 3. The molecule has 1 atom stereocenters. The van der Waals surface area contributed by atoms with Gasteiger partial charge < -0.3 is 14.2 Å². The molecule has 0 radical (unpaired) electrons. The third-order valence-corrected chi connectivity index (χ3v) is 10.6. The lowest BCUT2D eigenvalue weighted by Gasteiger charge is -2.18. The zero-order valence-electron chi connectivity index (χ0n) is 37.0. The zero-order chi connectivity index (χ0) is 39.9. The quantitative estimate of drug-likeness (QED) is 0.0350. The first-order valence-electron chi connectivity index (χ1n) is 23.6. The molecule has 0 aromatic heterocycles. The van der Waals surface area contributed by atoms with Crippen LogP contribution in [0.3, 0.4) is 0 Å². The topological polar surface area (TPSA) is 78.9 Å². The smallest absolute Gasteiger partial charge is 0.306 e. The Hall–Kier alpha value is -1.59. The third-order valence-electron chi connectivity index (χ3n) is 10.6. The number of hydrogen-bond donors (Lipinski definition) is 0. The van der Waals surface area contributed by atoms with Crippen LogP contribution in [-0.4, -0.2) is 37.2 Å². The summed E-state index contributed by atoms with van der Waals surface area (Å²) in [5.74, 6) is 1.56. The lowest BCUT2D eigenvalue weighted by molar-refractivity contribution is -0.167. The van der Waals surface area contributed by atoms with Crippen LogP contribution in [0.25, 0.3) is 0 Å². The van der Waals surface area contributed by atoms with Crippen LogP contribution in [-0.2, 0) is 28.6 Å². The maximum atomic E-state index is 12.7. The number of hydrogen-bond acceptors (Lipinski definition) is 6. The fraction of sp³-hybridized carbons (Fsp3) is 0.938. The van der Waals surface area contributed by atoms with Gasteiger partial charge in [0.05, 0.1) is 0 Å². The van der Waals surface area contributed by atoms with E-state index in [-0.39, 0.29) is 31.1 Å². The molecule has 0 rings (SSSR count). The van der Waals surface area contributed by atoms with Gasteiger partial charge in [-0.2, -0.15) is 0 Å². The van der Waals surface area contributed by atoms with E-state index >= 15 is 0 Å². The molecule has 0 bridgehead atoms. The van der Waals surface area contributed by atoms with E-state index in [1.165, 1.54) is 135 Å². The van der Waals surface area contributed by atoms with Crippen molar-refractivity contribution >= 4 is 17.9 Å². The zero-order valence-corrected chi connectivity index (χ0v) is 37.0. The molecule has 0 spiro atoms. The molecule has 6 heteroatoms. The van der Waals surface area contributed by atoms with Crippen molar-refractivity contribution < 1.29 is 28.6 Å². The number of esters is 3. The van der Waals surface area contributed by atoms with E-state index in [0.717, 1.165) is 75.5 Å². The molecule has 320 valence electrons. The van der Waals surface area contributed by atoms with Crippen LogP contribution in [0, 0.1) is 17.8 Å². The highest BCUT2D eigenvalue weighted by Gasteiger charge is 2.19. The van der Waals surface area contributed by atoms with Gasteiger partial charge in [0.15, 0.2) is 6.10 Å². The van der Waals surface area contributed by atoms with E-state index in [1.54, 1.807) is 0 Å².